The summed E-state index contributed by atoms with van der Waals surface area (Å²) < 4.78 is 5.30. The Labute approximate surface area is 99.9 Å². The highest BCUT2D eigenvalue weighted by molar-refractivity contribution is 5.55. The average Bonchev–Trinajstić information content (AvgIpc) is 2.82. The zero-order chi connectivity index (χ0) is 12.3. The Morgan fingerprint density at radius 1 is 1.47 bits per heavy atom. The van der Waals surface area contributed by atoms with E-state index in [2.05, 4.69) is 16.4 Å². The summed E-state index contributed by atoms with van der Waals surface area (Å²) in [5.41, 5.74) is 1.49. The summed E-state index contributed by atoms with van der Waals surface area (Å²) in [6, 6.07) is 7.68. The van der Waals surface area contributed by atoms with E-state index in [1.54, 1.807) is 12.5 Å². The quantitative estimate of drug-likeness (QED) is 0.875. The highest BCUT2D eigenvalue weighted by Gasteiger charge is 2.12. The molecule has 17 heavy (non-hydrogen) atoms. The van der Waals surface area contributed by atoms with Gasteiger partial charge in [0.25, 0.3) is 0 Å². The number of aryl methyl sites for hydroxylation is 1. The Hall–Kier alpha value is -2.28. The van der Waals surface area contributed by atoms with E-state index in [9.17, 15) is 0 Å². The van der Waals surface area contributed by atoms with Gasteiger partial charge >= 0.3 is 0 Å². The largest absolute Gasteiger partial charge is 0.467 e. The molecule has 4 nitrogen and oxygen atoms in total. The van der Waals surface area contributed by atoms with Crippen LogP contribution in [-0.4, -0.2) is 4.98 Å². The second-order valence-electron chi connectivity index (χ2n) is 3.84. The third kappa shape index (κ3) is 2.28. The van der Waals surface area contributed by atoms with Crippen LogP contribution in [0.5, 0.6) is 0 Å². The number of hydrogen-bond acceptors (Lipinski definition) is 4. The molecule has 0 fully saturated rings. The van der Waals surface area contributed by atoms with Crippen LogP contribution in [0, 0.1) is 18.3 Å². The van der Waals surface area contributed by atoms with Gasteiger partial charge in [-0.2, -0.15) is 5.26 Å². The fourth-order valence-electron chi connectivity index (χ4n) is 1.62. The number of furan rings is 1. The Balaban J connectivity index is 2.25. The molecule has 2 aromatic rings. The molecule has 2 heterocycles. The Kier molecular flexibility index (Phi) is 3.10. The van der Waals surface area contributed by atoms with E-state index in [1.807, 2.05) is 32.0 Å². The van der Waals surface area contributed by atoms with Gasteiger partial charge in [0.15, 0.2) is 0 Å². The van der Waals surface area contributed by atoms with E-state index in [0.717, 1.165) is 11.3 Å². The van der Waals surface area contributed by atoms with Crippen LogP contribution in [0.3, 0.4) is 0 Å². The highest BCUT2D eigenvalue weighted by atomic mass is 16.3. The van der Waals surface area contributed by atoms with Gasteiger partial charge in [0.2, 0.25) is 0 Å². The SMILES string of the molecule is Cc1ccnc(NC(C)c2ccco2)c1C#N. The van der Waals surface area contributed by atoms with Crippen LogP contribution in [0.1, 0.15) is 29.9 Å². The van der Waals surface area contributed by atoms with Crippen LogP contribution in [-0.2, 0) is 0 Å². The molecule has 0 aliphatic heterocycles. The lowest BCUT2D eigenvalue weighted by atomic mass is 10.1. The molecule has 0 radical (unpaired) electrons. The molecule has 0 spiro atoms. The molecule has 1 unspecified atom stereocenters. The first-order valence-corrected chi connectivity index (χ1v) is 5.38. The molecule has 0 amide bonds. The molecule has 0 aliphatic rings. The molecule has 1 atom stereocenters. The first kappa shape index (κ1) is 11.2. The van der Waals surface area contributed by atoms with Crippen LogP contribution in [0.2, 0.25) is 0 Å². The number of hydrogen-bond donors (Lipinski definition) is 1. The van der Waals surface area contributed by atoms with E-state index in [0.29, 0.717) is 11.4 Å². The second kappa shape index (κ2) is 4.71. The minimum Gasteiger partial charge on any atom is -0.467 e. The van der Waals surface area contributed by atoms with Crippen molar-refractivity contribution in [1.29, 1.82) is 5.26 Å². The predicted octanol–water partition coefficient (Wildman–Crippen LogP) is 3.03. The maximum atomic E-state index is 9.09. The van der Waals surface area contributed by atoms with E-state index in [4.69, 9.17) is 9.68 Å². The summed E-state index contributed by atoms with van der Waals surface area (Å²) in [4.78, 5) is 4.18. The van der Waals surface area contributed by atoms with Gasteiger partial charge < -0.3 is 9.73 Å². The Morgan fingerprint density at radius 2 is 2.29 bits per heavy atom. The van der Waals surface area contributed by atoms with Crippen LogP contribution in [0.25, 0.3) is 0 Å². The lowest BCUT2D eigenvalue weighted by Crippen LogP contribution is -2.09. The van der Waals surface area contributed by atoms with Crippen LogP contribution < -0.4 is 5.32 Å². The van der Waals surface area contributed by atoms with Crippen LogP contribution in [0.4, 0.5) is 5.82 Å². The molecule has 0 aromatic carbocycles. The van der Waals surface area contributed by atoms with Gasteiger partial charge in [-0.1, -0.05) is 0 Å². The van der Waals surface area contributed by atoms with Crippen molar-refractivity contribution in [2.24, 2.45) is 0 Å². The number of nitrogens with one attached hydrogen (secondary N) is 1. The lowest BCUT2D eigenvalue weighted by Gasteiger charge is -2.13. The van der Waals surface area contributed by atoms with Gasteiger partial charge in [-0.15, -0.1) is 0 Å². The molecule has 0 aliphatic carbocycles. The van der Waals surface area contributed by atoms with Crippen molar-refractivity contribution in [3.8, 4) is 6.07 Å². The Bertz CT molecular complexity index is 540. The molecule has 0 saturated heterocycles. The van der Waals surface area contributed by atoms with Gasteiger partial charge in [-0.05, 0) is 37.6 Å². The topological polar surface area (TPSA) is 61.9 Å². The third-order valence-corrected chi connectivity index (χ3v) is 2.59. The van der Waals surface area contributed by atoms with Crippen LogP contribution in [0.15, 0.2) is 35.1 Å². The zero-order valence-electron chi connectivity index (χ0n) is 9.77. The van der Waals surface area contributed by atoms with Gasteiger partial charge in [-0.3, -0.25) is 0 Å². The first-order valence-electron chi connectivity index (χ1n) is 5.38. The summed E-state index contributed by atoms with van der Waals surface area (Å²) in [5, 5.41) is 12.3. The molecule has 2 aromatic heterocycles. The molecule has 2 rings (SSSR count). The van der Waals surface area contributed by atoms with Gasteiger partial charge in [0, 0.05) is 6.20 Å². The fraction of sp³-hybridized carbons (Fsp3) is 0.231. The maximum Gasteiger partial charge on any atom is 0.144 e. The van der Waals surface area contributed by atoms with Gasteiger partial charge in [0.1, 0.15) is 17.6 Å². The summed E-state index contributed by atoms with van der Waals surface area (Å²) in [6.07, 6.45) is 3.32. The monoisotopic (exact) mass is 227 g/mol. The molecule has 4 heteroatoms. The third-order valence-electron chi connectivity index (χ3n) is 2.59. The number of pyridine rings is 1. The first-order chi connectivity index (χ1) is 8.22. The summed E-state index contributed by atoms with van der Waals surface area (Å²) in [6.45, 7) is 3.85. The Morgan fingerprint density at radius 3 is 2.94 bits per heavy atom. The van der Waals surface area contributed by atoms with Crippen molar-refractivity contribution in [1.82, 2.24) is 4.98 Å². The van der Waals surface area contributed by atoms with Gasteiger partial charge in [-0.25, -0.2) is 4.98 Å². The molecular weight excluding hydrogens is 214 g/mol. The number of nitriles is 1. The highest BCUT2D eigenvalue weighted by Crippen LogP contribution is 2.22. The van der Waals surface area contributed by atoms with Crippen LogP contribution >= 0.6 is 0 Å². The minimum atomic E-state index is -0.0219. The average molecular weight is 227 g/mol. The fourth-order valence-corrected chi connectivity index (χ4v) is 1.62. The van der Waals surface area contributed by atoms with E-state index in [1.165, 1.54) is 0 Å². The van der Waals surface area contributed by atoms with Gasteiger partial charge in [0.05, 0.1) is 17.9 Å². The maximum absolute atomic E-state index is 9.09. The number of anilines is 1. The predicted molar refractivity (Wildman–Crippen MR) is 64.4 cm³/mol. The van der Waals surface area contributed by atoms with E-state index >= 15 is 0 Å². The minimum absolute atomic E-state index is 0.0219. The molecular formula is C13H13N3O. The number of rotatable bonds is 3. The molecule has 1 N–H and O–H groups in total. The number of aromatic nitrogens is 1. The van der Waals surface area contributed by atoms with Crippen molar-refractivity contribution in [3.05, 3.63) is 47.5 Å². The normalized spacial score (nSPS) is 11.8. The summed E-state index contributed by atoms with van der Waals surface area (Å²) >= 11 is 0. The molecule has 86 valence electrons. The molecule has 0 bridgehead atoms. The zero-order valence-corrected chi connectivity index (χ0v) is 9.77. The van der Waals surface area contributed by atoms with Crippen molar-refractivity contribution in [2.45, 2.75) is 19.9 Å². The standard InChI is InChI=1S/C13H13N3O/c1-9-5-6-15-13(11(9)8-14)16-10(2)12-4-3-7-17-12/h3-7,10H,1-2H3,(H,15,16). The van der Waals surface area contributed by atoms with Crippen molar-refractivity contribution in [3.63, 3.8) is 0 Å². The van der Waals surface area contributed by atoms with Crippen molar-refractivity contribution < 1.29 is 4.42 Å². The summed E-state index contributed by atoms with van der Waals surface area (Å²) in [7, 11) is 0. The second-order valence-corrected chi connectivity index (χ2v) is 3.84. The smallest absolute Gasteiger partial charge is 0.144 e. The van der Waals surface area contributed by atoms with E-state index in [-0.39, 0.29) is 6.04 Å². The lowest BCUT2D eigenvalue weighted by molar-refractivity contribution is 0.490. The number of nitrogens with zero attached hydrogens (tertiary/aromatic N) is 2. The molecule has 0 saturated carbocycles. The van der Waals surface area contributed by atoms with Crippen molar-refractivity contribution in [2.75, 3.05) is 5.32 Å². The van der Waals surface area contributed by atoms with E-state index < -0.39 is 0 Å². The van der Waals surface area contributed by atoms with Crippen molar-refractivity contribution >= 4 is 5.82 Å². The summed E-state index contributed by atoms with van der Waals surface area (Å²) in [5.74, 6) is 1.41.